The second kappa shape index (κ2) is 15.7. The average Bonchev–Trinajstić information content (AvgIpc) is 3.82. The van der Waals surface area contributed by atoms with Gasteiger partial charge in [-0.3, -0.25) is 0 Å². The van der Waals surface area contributed by atoms with Crippen LogP contribution in [0.25, 0.3) is 61.2 Å². The number of pyridine rings is 1. The molecule has 0 N–H and O–H groups in total. The first kappa shape index (κ1) is 38.0. The molecule has 0 aliphatic rings. The number of aromatic nitrogens is 4. The fourth-order valence-corrected chi connectivity index (χ4v) is 8.56. The molecule has 0 aliphatic carbocycles. The van der Waals surface area contributed by atoms with Gasteiger partial charge in [0, 0.05) is 56.3 Å². The molecule has 3 heterocycles. The Bertz CT molecular complexity index is 3120. The van der Waals surface area contributed by atoms with Crippen molar-refractivity contribution in [2.45, 2.75) is 33.6 Å². The molecule has 0 bridgehead atoms. The Morgan fingerprint density at radius 2 is 1.25 bits per heavy atom. The van der Waals surface area contributed by atoms with Crippen molar-refractivity contribution in [3.05, 3.63) is 205 Å². The maximum Gasteiger partial charge on any atom is 0.168 e. The quantitative estimate of drug-likeness (QED) is 0.142. The van der Waals surface area contributed by atoms with E-state index < -0.39 is 0 Å². The van der Waals surface area contributed by atoms with E-state index in [1.54, 1.807) is 0 Å². The van der Waals surface area contributed by atoms with Crippen LogP contribution in [0, 0.1) is 26.0 Å². The van der Waals surface area contributed by atoms with E-state index >= 15 is 0 Å². The average molecular weight is 944 g/mol. The summed E-state index contributed by atoms with van der Waals surface area (Å²) in [6.45, 7) is 8.87. The number of para-hydroxylation sites is 5. The summed E-state index contributed by atoms with van der Waals surface area (Å²) in [5.74, 6) is 1.25. The number of aryl methyl sites for hydroxylation is 2. The van der Waals surface area contributed by atoms with E-state index in [-0.39, 0.29) is 21.1 Å². The smallest absolute Gasteiger partial charge is 0.168 e. The van der Waals surface area contributed by atoms with E-state index in [0.29, 0.717) is 5.92 Å². The molecule has 0 saturated carbocycles. The number of benzene rings is 7. The second-order valence-electron chi connectivity index (χ2n) is 15.3. The molecule has 10 rings (SSSR count). The van der Waals surface area contributed by atoms with Crippen molar-refractivity contribution in [2.24, 2.45) is 0 Å². The van der Waals surface area contributed by atoms with Gasteiger partial charge >= 0.3 is 0 Å². The van der Waals surface area contributed by atoms with Crippen LogP contribution < -0.4 is 4.90 Å². The van der Waals surface area contributed by atoms with Crippen LogP contribution in [0.15, 0.2) is 176 Å². The van der Waals surface area contributed by atoms with Gasteiger partial charge in [0.25, 0.3) is 0 Å². The maximum absolute atomic E-state index is 5.01. The monoisotopic (exact) mass is 943 g/mol. The minimum Gasteiger partial charge on any atom is -0.357 e. The van der Waals surface area contributed by atoms with Gasteiger partial charge in [-0.15, -0.1) is 29.7 Å². The summed E-state index contributed by atoms with van der Waals surface area (Å²) in [6, 6.07) is 65.8. The standard InChI is InChI=1S/C53H42N5.Pt/c1-36(2)44-22-8-9-23-45(44)39-30-31-54-52(32-39)58-48-25-11-10-24-46(48)47-29-28-43(34-51(47)58)57(53-37(3)16-14-17-38(53)4)42-21-15-20-41(33-42)56-35-55(40-18-6-5-7-19-40)49-26-12-13-27-50(49)56;/h5-32,35-36H,1-4H3;/q-1;. The van der Waals surface area contributed by atoms with Gasteiger partial charge in [-0.1, -0.05) is 128 Å². The van der Waals surface area contributed by atoms with Crippen molar-refractivity contribution in [1.82, 2.24) is 18.7 Å². The zero-order valence-corrected chi connectivity index (χ0v) is 35.6. The van der Waals surface area contributed by atoms with Crippen LogP contribution in [0.2, 0.25) is 0 Å². The SMILES string of the molecule is Cc1cccc(C)c1N(c1[c-]c(-n2[cH+]n(-c3ccccc3)c3ccccc32)ccc1)c1[c-]c2c(cc1)c1ccccc1n2-c1cc(-c2ccccc2C(C)C)ccn1.[Pt]. The molecule has 7 aromatic carbocycles. The van der Waals surface area contributed by atoms with Crippen LogP contribution in [-0.2, 0) is 21.1 Å². The fourth-order valence-electron chi connectivity index (χ4n) is 8.56. The number of rotatable bonds is 8. The molecule has 0 spiro atoms. The van der Waals surface area contributed by atoms with Gasteiger partial charge in [-0.05, 0) is 83.3 Å². The van der Waals surface area contributed by atoms with Gasteiger partial charge in [0.05, 0.1) is 0 Å². The first-order chi connectivity index (χ1) is 28.4. The van der Waals surface area contributed by atoms with Gasteiger partial charge in [0.15, 0.2) is 17.4 Å². The normalized spacial score (nSPS) is 11.4. The topological polar surface area (TPSA) is 30.9 Å². The summed E-state index contributed by atoms with van der Waals surface area (Å²) in [7, 11) is 0. The molecule has 0 radical (unpaired) electrons. The Morgan fingerprint density at radius 1 is 0.593 bits per heavy atom. The molecule has 10 aromatic rings. The molecule has 290 valence electrons. The molecule has 5 nitrogen and oxygen atoms in total. The van der Waals surface area contributed by atoms with Crippen molar-refractivity contribution in [3.8, 4) is 28.3 Å². The number of anilines is 3. The largest absolute Gasteiger partial charge is 0.357 e. The van der Waals surface area contributed by atoms with Gasteiger partial charge in [-0.2, -0.15) is 16.7 Å². The van der Waals surface area contributed by atoms with Crippen LogP contribution in [0.3, 0.4) is 0 Å². The Hall–Kier alpha value is -6.55. The van der Waals surface area contributed by atoms with Gasteiger partial charge in [-0.25, -0.2) is 9.55 Å². The Kier molecular flexibility index (Phi) is 10.1. The summed E-state index contributed by atoms with van der Waals surface area (Å²) < 4.78 is 6.74. The van der Waals surface area contributed by atoms with E-state index in [0.717, 1.165) is 72.7 Å². The number of imidazole rings is 1. The third-order valence-electron chi connectivity index (χ3n) is 11.3. The first-order valence-electron chi connectivity index (χ1n) is 19.9. The predicted octanol–water partition coefficient (Wildman–Crippen LogP) is 13.7. The maximum atomic E-state index is 5.01. The number of fused-ring (bicyclic) bond motifs is 4. The summed E-state index contributed by atoms with van der Waals surface area (Å²) in [6.07, 6.45) is 4.10. The minimum absolute atomic E-state index is 0. The zero-order valence-electron chi connectivity index (χ0n) is 33.4. The molecule has 0 fully saturated rings. The van der Waals surface area contributed by atoms with Crippen molar-refractivity contribution in [3.63, 3.8) is 0 Å². The summed E-state index contributed by atoms with van der Waals surface area (Å²) in [4.78, 5) is 7.33. The summed E-state index contributed by atoms with van der Waals surface area (Å²) in [5.41, 5.74) is 15.3. The molecule has 6 heteroatoms. The zero-order chi connectivity index (χ0) is 39.3. The molecule has 59 heavy (non-hydrogen) atoms. The molecular formula is C53H42N5Pt-. The van der Waals surface area contributed by atoms with Crippen LogP contribution in [-0.4, -0.2) is 18.7 Å². The third-order valence-corrected chi connectivity index (χ3v) is 11.3. The van der Waals surface area contributed by atoms with E-state index in [2.05, 4.69) is 229 Å². The Morgan fingerprint density at radius 3 is 2.03 bits per heavy atom. The van der Waals surface area contributed by atoms with Crippen molar-refractivity contribution >= 4 is 49.9 Å². The minimum atomic E-state index is 0. The van der Waals surface area contributed by atoms with Crippen LogP contribution in [0.1, 0.15) is 36.5 Å². The molecular weight excluding hydrogens is 902 g/mol. The van der Waals surface area contributed by atoms with E-state index in [1.807, 2.05) is 6.20 Å². The molecule has 3 aromatic heterocycles. The number of hydrogen-bond donors (Lipinski definition) is 0. The summed E-state index contributed by atoms with van der Waals surface area (Å²) >= 11 is 0. The Balaban J connectivity index is 0.00000449. The molecule has 0 unspecified atom stereocenters. The fraction of sp³-hybridized carbons (Fsp3) is 0.0943. The number of hydrogen-bond acceptors (Lipinski definition) is 2. The van der Waals surface area contributed by atoms with Gasteiger partial charge in [0.1, 0.15) is 11.5 Å². The molecule has 0 aliphatic heterocycles. The molecule has 0 amide bonds. The number of nitrogens with zero attached hydrogens (tertiary/aromatic N) is 5. The van der Waals surface area contributed by atoms with Crippen molar-refractivity contribution < 1.29 is 21.1 Å². The van der Waals surface area contributed by atoms with Gasteiger partial charge in [0.2, 0.25) is 0 Å². The van der Waals surface area contributed by atoms with E-state index in [9.17, 15) is 0 Å². The van der Waals surface area contributed by atoms with Crippen molar-refractivity contribution in [2.75, 3.05) is 4.90 Å². The second-order valence-corrected chi connectivity index (χ2v) is 15.3. The molecule has 0 saturated heterocycles. The first-order valence-corrected chi connectivity index (χ1v) is 19.9. The van der Waals surface area contributed by atoms with Crippen molar-refractivity contribution in [1.29, 1.82) is 0 Å². The van der Waals surface area contributed by atoms with Crippen LogP contribution in [0.5, 0.6) is 0 Å². The van der Waals surface area contributed by atoms with E-state index in [4.69, 9.17) is 4.98 Å². The van der Waals surface area contributed by atoms with Crippen LogP contribution >= 0.6 is 0 Å². The summed E-state index contributed by atoms with van der Waals surface area (Å²) in [5, 5.41) is 2.28. The third kappa shape index (κ3) is 6.66. The van der Waals surface area contributed by atoms with E-state index in [1.165, 1.54) is 22.3 Å². The predicted molar refractivity (Wildman–Crippen MR) is 240 cm³/mol. The Labute approximate surface area is 359 Å². The van der Waals surface area contributed by atoms with Gasteiger partial charge < -0.3 is 9.47 Å². The van der Waals surface area contributed by atoms with Crippen LogP contribution in [0.4, 0.5) is 17.1 Å². The molecule has 0 atom stereocenters.